The van der Waals surface area contributed by atoms with Gasteiger partial charge in [0, 0.05) is 35.6 Å². The molecule has 1 aliphatic rings. The molecule has 0 unspecified atom stereocenters. The van der Waals surface area contributed by atoms with Crippen molar-refractivity contribution >= 4 is 23.3 Å². The van der Waals surface area contributed by atoms with Gasteiger partial charge in [0.1, 0.15) is 0 Å². The van der Waals surface area contributed by atoms with Crippen LogP contribution in [0.2, 0.25) is 0 Å². The summed E-state index contributed by atoms with van der Waals surface area (Å²) >= 11 is 0. The fourth-order valence-corrected chi connectivity index (χ4v) is 2.29. The van der Waals surface area contributed by atoms with Gasteiger partial charge in [-0.1, -0.05) is 0 Å². The van der Waals surface area contributed by atoms with Crippen molar-refractivity contribution in [2.45, 2.75) is 26.7 Å². The first-order chi connectivity index (χ1) is 9.99. The van der Waals surface area contributed by atoms with Crippen LogP contribution in [0.1, 0.15) is 26.7 Å². The van der Waals surface area contributed by atoms with Gasteiger partial charge in [0.2, 0.25) is 0 Å². The average molecular weight is 288 g/mol. The van der Waals surface area contributed by atoms with E-state index in [2.05, 4.69) is 10.2 Å². The van der Waals surface area contributed by atoms with Crippen molar-refractivity contribution in [3.05, 3.63) is 35.4 Å². The zero-order chi connectivity index (χ0) is 15.4. The van der Waals surface area contributed by atoms with Crippen LogP contribution >= 0.6 is 0 Å². The van der Waals surface area contributed by atoms with Gasteiger partial charge in [-0.3, -0.25) is 4.79 Å². The Morgan fingerprint density at radius 2 is 1.62 bits per heavy atom. The van der Waals surface area contributed by atoms with E-state index in [1.165, 1.54) is 26.7 Å². The molecule has 0 spiro atoms. The molecule has 1 aromatic carbocycles. The minimum absolute atomic E-state index is 0.0567. The topological polar surface area (TPSA) is 69.6 Å². The van der Waals surface area contributed by atoms with E-state index in [0.717, 1.165) is 18.8 Å². The molecular formula is C16H20N2O3. The maximum Gasteiger partial charge on any atom is 0.331 e. The zero-order valence-electron chi connectivity index (χ0n) is 12.3. The highest BCUT2D eigenvalue weighted by Crippen LogP contribution is 2.22. The Labute approximate surface area is 124 Å². The highest BCUT2D eigenvalue weighted by Gasteiger charge is 2.14. The molecule has 0 aliphatic carbocycles. The van der Waals surface area contributed by atoms with E-state index in [4.69, 9.17) is 5.11 Å². The molecule has 0 aromatic heterocycles. The van der Waals surface area contributed by atoms with E-state index < -0.39 is 5.97 Å². The summed E-state index contributed by atoms with van der Waals surface area (Å²) in [5, 5.41) is 11.6. The predicted molar refractivity (Wildman–Crippen MR) is 82.5 cm³/mol. The number of carbonyl (C=O) groups is 2. The van der Waals surface area contributed by atoms with Gasteiger partial charge < -0.3 is 15.3 Å². The van der Waals surface area contributed by atoms with Crippen molar-refractivity contribution in [2.75, 3.05) is 23.3 Å². The van der Waals surface area contributed by atoms with Gasteiger partial charge in [-0.15, -0.1) is 0 Å². The molecule has 1 heterocycles. The van der Waals surface area contributed by atoms with Gasteiger partial charge >= 0.3 is 5.97 Å². The van der Waals surface area contributed by atoms with Crippen LogP contribution in [0.15, 0.2) is 35.4 Å². The Bertz CT molecular complexity index is 570. The van der Waals surface area contributed by atoms with Crippen LogP contribution in [-0.2, 0) is 9.59 Å². The standard InChI is InChI=1S/C16H20N2O3/c1-11(12(2)16(20)21)15(19)17-13-5-7-14(8-6-13)18-9-3-4-10-18/h5-8H,3-4,9-10H2,1-2H3,(H,17,19)(H,20,21)/b12-11+. The van der Waals surface area contributed by atoms with Gasteiger partial charge in [-0.25, -0.2) is 4.79 Å². The maximum atomic E-state index is 12.0. The summed E-state index contributed by atoms with van der Waals surface area (Å²) in [5.41, 5.74) is 2.09. The Kier molecular flexibility index (Phi) is 4.62. The fourth-order valence-electron chi connectivity index (χ4n) is 2.29. The van der Waals surface area contributed by atoms with Gasteiger partial charge in [0.15, 0.2) is 0 Å². The van der Waals surface area contributed by atoms with Gasteiger partial charge in [0.05, 0.1) is 0 Å². The van der Waals surface area contributed by atoms with E-state index in [-0.39, 0.29) is 17.1 Å². The van der Waals surface area contributed by atoms with E-state index in [0.29, 0.717) is 5.69 Å². The molecule has 112 valence electrons. The molecule has 0 atom stereocenters. The number of amides is 1. The number of carbonyl (C=O) groups excluding carboxylic acids is 1. The van der Waals surface area contributed by atoms with E-state index in [9.17, 15) is 9.59 Å². The van der Waals surface area contributed by atoms with E-state index in [1.54, 1.807) is 0 Å². The first-order valence-corrected chi connectivity index (χ1v) is 7.06. The number of carboxylic acids is 1. The highest BCUT2D eigenvalue weighted by atomic mass is 16.4. The minimum Gasteiger partial charge on any atom is -0.478 e. The Hall–Kier alpha value is -2.30. The first kappa shape index (κ1) is 15.1. The molecule has 1 saturated heterocycles. The van der Waals surface area contributed by atoms with Crippen molar-refractivity contribution in [1.29, 1.82) is 0 Å². The lowest BCUT2D eigenvalue weighted by Crippen LogP contribution is -2.18. The molecular weight excluding hydrogens is 268 g/mol. The van der Waals surface area contributed by atoms with E-state index >= 15 is 0 Å². The number of carboxylic acid groups (broad SMARTS) is 1. The number of benzene rings is 1. The smallest absolute Gasteiger partial charge is 0.331 e. The molecule has 0 saturated carbocycles. The number of hydrogen-bond donors (Lipinski definition) is 2. The summed E-state index contributed by atoms with van der Waals surface area (Å²) in [7, 11) is 0. The summed E-state index contributed by atoms with van der Waals surface area (Å²) in [5.74, 6) is -1.46. The highest BCUT2D eigenvalue weighted by molar-refractivity contribution is 6.08. The third kappa shape index (κ3) is 3.62. The fraction of sp³-hybridized carbons (Fsp3) is 0.375. The number of hydrogen-bond acceptors (Lipinski definition) is 3. The number of rotatable bonds is 4. The van der Waals surface area contributed by atoms with Crippen LogP contribution in [0.3, 0.4) is 0 Å². The molecule has 21 heavy (non-hydrogen) atoms. The van der Waals surface area contributed by atoms with Crippen LogP contribution in [0, 0.1) is 0 Å². The third-order valence-corrected chi connectivity index (χ3v) is 3.82. The van der Waals surface area contributed by atoms with Crippen LogP contribution in [0.4, 0.5) is 11.4 Å². The molecule has 0 radical (unpaired) electrons. The maximum absolute atomic E-state index is 12.0. The van der Waals surface area contributed by atoms with Crippen molar-refractivity contribution in [2.24, 2.45) is 0 Å². The molecule has 0 bridgehead atoms. The van der Waals surface area contributed by atoms with Crippen LogP contribution < -0.4 is 10.2 Å². The first-order valence-electron chi connectivity index (χ1n) is 7.06. The number of anilines is 2. The van der Waals surface area contributed by atoms with E-state index in [1.807, 2.05) is 24.3 Å². The normalized spacial score (nSPS) is 15.6. The van der Waals surface area contributed by atoms with Crippen molar-refractivity contribution in [3.8, 4) is 0 Å². The van der Waals surface area contributed by atoms with Crippen LogP contribution in [0.25, 0.3) is 0 Å². The monoisotopic (exact) mass is 288 g/mol. The summed E-state index contributed by atoms with van der Waals surface area (Å²) in [4.78, 5) is 25.1. The summed E-state index contributed by atoms with van der Waals surface area (Å²) in [6.45, 7) is 5.09. The molecule has 2 rings (SSSR count). The Balaban J connectivity index is 2.05. The minimum atomic E-state index is -1.08. The summed E-state index contributed by atoms with van der Waals surface area (Å²) in [6, 6.07) is 7.64. The lowest BCUT2D eigenvalue weighted by atomic mass is 10.1. The largest absolute Gasteiger partial charge is 0.478 e. The van der Waals surface area contributed by atoms with Crippen LogP contribution in [-0.4, -0.2) is 30.1 Å². The molecule has 1 aliphatic heterocycles. The van der Waals surface area contributed by atoms with Crippen molar-refractivity contribution in [3.63, 3.8) is 0 Å². The van der Waals surface area contributed by atoms with Crippen LogP contribution in [0.5, 0.6) is 0 Å². The second kappa shape index (κ2) is 6.43. The molecule has 5 nitrogen and oxygen atoms in total. The van der Waals surface area contributed by atoms with Gasteiger partial charge in [-0.05, 0) is 51.0 Å². The molecule has 1 aromatic rings. The SMILES string of the molecule is C/C(C(=O)O)=C(/C)C(=O)Nc1ccc(N2CCCC2)cc1. The Morgan fingerprint density at radius 1 is 1.05 bits per heavy atom. The number of aliphatic carboxylic acids is 1. The number of nitrogens with one attached hydrogen (secondary N) is 1. The quantitative estimate of drug-likeness (QED) is 0.836. The third-order valence-electron chi connectivity index (χ3n) is 3.82. The second-order valence-corrected chi connectivity index (χ2v) is 5.25. The lowest BCUT2D eigenvalue weighted by molar-refractivity contribution is -0.133. The van der Waals surface area contributed by atoms with Crippen molar-refractivity contribution in [1.82, 2.24) is 0 Å². The average Bonchev–Trinajstić information content (AvgIpc) is 3.00. The van der Waals surface area contributed by atoms with Gasteiger partial charge in [-0.2, -0.15) is 0 Å². The molecule has 1 fully saturated rings. The molecule has 2 N–H and O–H groups in total. The number of nitrogens with zero attached hydrogens (tertiary/aromatic N) is 1. The summed E-state index contributed by atoms with van der Waals surface area (Å²) in [6.07, 6.45) is 2.44. The van der Waals surface area contributed by atoms with Gasteiger partial charge in [0.25, 0.3) is 5.91 Å². The molecule has 1 amide bonds. The molecule has 5 heteroatoms. The predicted octanol–water partition coefficient (Wildman–Crippen LogP) is 2.65. The Morgan fingerprint density at radius 3 is 2.14 bits per heavy atom. The lowest BCUT2D eigenvalue weighted by Gasteiger charge is -2.17. The second-order valence-electron chi connectivity index (χ2n) is 5.25. The zero-order valence-corrected chi connectivity index (χ0v) is 12.3. The summed E-state index contributed by atoms with van der Waals surface area (Å²) < 4.78 is 0. The van der Waals surface area contributed by atoms with Crippen molar-refractivity contribution < 1.29 is 14.7 Å².